The zero-order valence-corrected chi connectivity index (χ0v) is 15.3. The molecule has 0 bridgehead atoms. The topological polar surface area (TPSA) is 81.7 Å². The predicted molar refractivity (Wildman–Crippen MR) is 97.4 cm³/mol. The van der Waals surface area contributed by atoms with Crippen LogP contribution in [0.25, 0.3) is 0 Å². The maximum atomic E-state index is 12.3. The van der Waals surface area contributed by atoms with Gasteiger partial charge in [0.25, 0.3) is 0 Å². The molecule has 0 aromatic heterocycles. The highest BCUT2D eigenvalue weighted by molar-refractivity contribution is 7.92. The summed E-state index contributed by atoms with van der Waals surface area (Å²) in [5.74, 6) is 0.344. The van der Waals surface area contributed by atoms with Crippen LogP contribution in [-0.4, -0.2) is 39.8 Å². The molecule has 3 rings (SSSR count). The minimum atomic E-state index is -3.64. The van der Waals surface area contributed by atoms with Crippen LogP contribution in [0.3, 0.4) is 0 Å². The predicted octanol–water partition coefficient (Wildman–Crippen LogP) is 1.90. The number of aryl methyl sites for hydroxylation is 1. The largest absolute Gasteiger partial charge is 0.486 e. The lowest BCUT2D eigenvalue weighted by molar-refractivity contribution is -0.118. The van der Waals surface area contributed by atoms with Gasteiger partial charge >= 0.3 is 0 Å². The molecule has 138 valence electrons. The van der Waals surface area contributed by atoms with Crippen molar-refractivity contribution >= 4 is 15.7 Å². The van der Waals surface area contributed by atoms with Crippen LogP contribution in [0.5, 0.6) is 11.5 Å². The van der Waals surface area contributed by atoms with Gasteiger partial charge in [0, 0.05) is 6.54 Å². The van der Waals surface area contributed by atoms with Gasteiger partial charge in [-0.05, 0) is 48.7 Å². The fourth-order valence-corrected chi connectivity index (χ4v) is 3.97. The zero-order chi connectivity index (χ0) is 18.6. The van der Waals surface area contributed by atoms with E-state index in [9.17, 15) is 13.2 Å². The van der Waals surface area contributed by atoms with E-state index in [2.05, 4.69) is 5.32 Å². The van der Waals surface area contributed by atoms with Crippen LogP contribution in [0.2, 0.25) is 0 Å². The SMILES string of the molecule is Cc1cccc(S(=O)(=O)CC(=O)NCCc2ccc3c(c2)OCCO3)c1. The van der Waals surface area contributed by atoms with E-state index in [4.69, 9.17) is 9.47 Å². The molecule has 1 heterocycles. The van der Waals surface area contributed by atoms with E-state index < -0.39 is 21.5 Å². The van der Waals surface area contributed by atoms with Gasteiger partial charge in [-0.2, -0.15) is 0 Å². The Morgan fingerprint density at radius 1 is 1.08 bits per heavy atom. The smallest absolute Gasteiger partial charge is 0.235 e. The molecule has 0 fully saturated rings. The lowest BCUT2D eigenvalue weighted by Crippen LogP contribution is -2.31. The number of sulfone groups is 1. The van der Waals surface area contributed by atoms with Crippen LogP contribution in [-0.2, 0) is 21.1 Å². The van der Waals surface area contributed by atoms with Crippen molar-refractivity contribution in [3.05, 3.63) is 53.6 Å². The summed E-state index contributed by atoms with van der Waals surface area (Å²) in [5.41, 5.74) is 1.82. The van der Waals surface area contributed by atoms with Gasteiger partial charge in [0.05, 0.1) is 4.90 Å². The second kappa shape index (κ2) is 7.78. The van der Waals surface area contributed by atoms with Crippen molar-refractivity contribution in [3.63, 3.8) is 0 Å². The summed E-state index contributed by atoms with van der Waals surface area (Å²) in [6.45, 7) is 3.22. The number of rotatable bonds is 6. The lowest BCUT2D eigenvalue weighted by atomic mass is 10.1. The standard InChI is InChI=1S/C19H21NO5S/c1-14-3-2-4-16(11-14)26(22,23)13-19(21)20-8-7-15-5-6-17-18(12-15)25-10-9-24-17/h2-6,11-12H,7-10,13H2,1H3,(H,20,21). The Hall–Kier alpha value is -2.54. The summed E-state index contributed by atoms with van der Waals surface area (Å²) in [6.07, 6.45) is 0.576. The molecule has 0 atom stereocenters. The number of nitrogens with one attached hydrogen (secondary N) is 1. The van der Waals surface area contributed by atoms with Crippen molar-refractivity contribution in [1.29, 1.82) is 0 Å². The molecular formula is C19H21NO5S. The second-order valence-electron chi connectivity index (χ2n) is 6.15. The van der Waals surface area contributed by atoms with Crippen LogP contribution in [0.4, 0.5) is 0 Å². The molecule has 26 heavy (non-hydrogen) atoms. The average Bonchev–Trinajstić information content (AvgIpc) is 2.61. The number of fused-ring (bicyclic) bond motifs is 1. The molecule has 0 spiro atoms. The fourth-order valence-electron chi connectivity index (χ4n) is 2.71. The molecule has 2 aromatic rings. The van der Waals surface area contributed by atoms with E-state index in [1.54, 1.807) is 12.1 Å². The Kier molecular flexibility index (Phi) is 5.46. The van der Waals surface area contributed by atoms with Crippen LogP contribution < -0.4 is 14.8 Å². The van der Waals surface area contributed by atoms with E-state index >= 15 is 0 Å². The summed E-state index contributed by atoms with van der Waals surface area (Å²) >= 11 is 0. The number of carbonyl (C=O) groups excluding carboxylic acids is 1. The van der Waals surface area contributed by atoms with Crippen LogP contribution in [0.15, 0.2) is 47.4 Å². The quantitative estimate of drug-likeness (QED) is 0.834. The maximum absolute atomic E-state index is 12.3. The van der Waals surface area contributed by atoms with Gasteiger partial charge in [-0.15, -0.1) is 0 Å². The molecule has 0 saturated heterocycles. The zero-order valence-electron chi connectivity index (χ0n) is 14.5. The first-order valence-electron chi connectivity index (χ1n) is 8.39. The van der Waals surface area contributed by atoms with Gasteiger partial charge < -0.3 is 14.8 Å². The summed E-state index contributed by atoms with van der Waals surface area (Å²) in [7, 11) is -3.64. The molecule has 0 saturated carbocycles. The normalized spacial score (nSPS) is 13.3. The number of hydrogen-bond acceptors (Lipinski definition) is 5. The summed E-state index contributed by atoms with van der Waals surface area (Å²) < 4.78 is 35.6. The number of ether oxygens (including phenoxy) is 2. The average molecular weight is 375 g/mol. The van der Waals surface area contributed by atoms with Gasteiger partial charge in [-0.1, -0.05) is 18.2 Å². The Labute approximate surface area is 153 Å². The first kappa shape index (κ1) is 18.3. The third-order valence-electron chi connectivity index (χ3n) is 4.01. The van der Waals surface area contributed by atoms with Crippen molar-refractivity contribution in [2.24, 2.45) is 0 Å². The van der Waals surface area contributed by atoms with Crippen LogP contribution >= 0.6 is 0 Å². The molecular weight excluding hydrogens is 354 g/mol. The lowest BCUT2D eigenvalue weighted by Gasteiger charge is -2.18. The van der Waals surface area contributed by atoms with Gasteiger partial charge in [-0.25, -0.2) is 8.42 Å². The Balaban J connectivity index is 1.53. The number of hydrogen-bond donors (Lipinski definition) is 1. The van der Waals surface area contributed by atoms with Crippen molar-refractivity contribution in [3.8, 4) is 11.5 Å². The van der Waals surface area contributed by atoms with Crippen molar-refractivity contribution < 1.29 is 22.7 Å². The highest BCUT2D eigenvalue weighted by Gasteiger charge is 2.19. The molecule has 1 aliphatic heterocycles. The van der Waals surface area contributed by atoms with Gasteiger partial charge in [0.2, 0.25) is 5.91 Å². The summed E-state index contributed by atoms with van der Waals surface area (Å²) in [4.78, 5) is 12.2. The van der Waals surface area contributed by atoms with E-state index in [0.29, 0.717) is 37.7 Å². The molecule has 1 N–H and O–H groups in total. The van der Waals surface area contributed by atoms with Gasteiger partial charge in [0.15, 0.2) is 21.3 Å². The Morgan fingerprint density at radius 3 is 2.62 bits per heavy atom. The molecule has 0 aliphatic carbocycles. The molecule has 0 unspecified atom stereocenters. The molecule has 6 nitrogen and oxygen atoms in total. The van der Waals surface area contributed by atoms with Crippen molar-refractivity contribution in [2.75, 3.05) is 25.5 Å². The van der Waals surface area contributed by atoms with E-state index in [1.165, 1.54) is 6.07 Å². The highest BCUT2D eigenvalue weighted by Crippen LogP contribution is 2.30. The fraction of sp³-hybridized carbons (Fsp3) is 0.316. The number of benzene rings is 2. The second-order valence-corrected chi connectivity index (χ2v) is 8.14. The third-order valence-corrected chi connectivity index (χ3v) is 5.63. The monoisotopic (exact) mass is 375 g/mol. The molecule has 1 amide bonds. The minimum absolute atomic E-state index is 0.166. The molecule has 2 aromatic carbocycles. The summed E-state index contributed by atoms with van der Waals surface area (Å²) in [5, 5.41) is 2.66. The van der Waals surface area contributed by atoms with Crippen molar-refractivity contribution in [2.45, 2.75) is 18.2 Å². The first-order chi connectivity index (χ1) is 12.4. The maximum Gasteiger partial charge on any atom is 0.235 e. The first-order valence-corrected chi connectivity index (χ1v) is 10.0. The minimum Gasteiger partial charge on any atom is -0.486 e. The molecule has 7 heteroatoms. The Bertz CT molecular complexity index is 908. The van der Waals surface area contributed by atoms with Crippen LogP contribution in [0, 0.1) is 6.92 Å². The van der Waals surface area contributed by atoms with Crippen LogP contribution in [0.1, 0.15) is 11.1 Å². The third kappa shape index (κ3) is 4.54. The Morgan fingerprint density at radius 2 is 1.85 bits per heavy atom. The molecule has 1 aliphatic rings. The highest BCUT2D eigenvalue weighted by atomic mass is 32.2. The van der Waals surface area contributed by atoms with E-state index in [0.717, 1.165) is 11.1 Å². The van der Waals surface area contributed by atoms with Gasteiger partial charge in [0.1, 0.15) is 19.0 Å². The number of amides is 1. The van der Waals surface area contributed by atoms with Crippen molar-refractivity contribution in [1.82, 2.24) is 5.32 Å². The van der Waals surface area contributed by atoms with E-state index in [1.807, 2.05) is 31.2 Å². The van der Waals surface area contributed by atoms with Gasteiger partial charge in [-0.3, -0.25) is 4.79 Å². The number of carbonyl (C=O) groups is 1. The molecule has 0 radical (unpaired) electrons. The van der Waals surface area contributed by atoms with E-state index in [-0.39, 0.29) is 4.90 Å². The summed E-state index contributed by atoms with van der Waals surface area (Å²) in [6, 6.07) is 12.2.